The first-order chi connectivity index (χ1) is 5.83. The molecule has 0 aliphatic heterocycles. The van der Waals surface area contributed by atoms with Gasteiger partial charge in [-0.3, -0.25) is 5.32 Å². The van der Waals surface area contributed by atoms with Crippen LogP contribution in [0.1, 0.15) is 0 Å². The molecule has 0 bridgehead atoms. The Kier molecular flexibility index (Phi) is 2.96. The van der Waals surface area contributed by atoms with Crippen molar-refractivity contribution >= 4 is 12.0 Å². The van der Waals surface area contributed by atoms with Crippen LogP contribution >= 0.6 is 0 Å². The van der Waals surface area contributed by atoms with Gasteiger partial charge >= 0.3 is 6.03 Å². The van der Waals surface area contributed by atoms with Crippen LogP contribution in [0.2, 0.25) is 0 Å². The van der Waals surface area contributed by atoms with Gasteiger partial charge in [0.2, 0.25) is 0 Å². The van der Waals surface area contributed by atoms with Crippen LogP contribution < -0.4 is 10.6 Å². The van der Waals surface area contributed by atoms with E-state index in [-0.39, 0.29) is 19.1 Å². The monoisotopic (exact) mass is 172 g/mol. The van der Waals surface area contributed by atoms with Crippen molar-refractivity contribution in [3.05, 3.63) is 0 Å². The molecule has 0 radical (unpaired) electrons. The van der Waals surface area contributed by atoms with Gasteiger partial charge in [-0.05, 0) is 5.21 Å². The van der Waals surface area contributed by atoms with Crippen LogP contribution in [-0.4, -0.2) is 44.9 Å². The summed E-state index contributed by atoms with van der Waals surface area (Å²) in [6.07, 6.45) is 0. The van der Waals surface area contributed by atoms with E-state index in [1.807, 2.05) is 0 Å². The summed E-state index contributed by atoms with van der Waals surface area (Å²) in [6.45, 7) is 0.0728. The number of anilines is 1. The molecule has 0 saturated carbocycles. The molecule has 0 atom stereocenters. The largest absolute Gasteiger partial charge is 0.395 e. The van der Waals surface area contributed by atoms with Crippen molar-refractivity contribution in [2.24, 2.45) is 0 Å². The Hall–Kier alpha value is -1.70. The van der Waals surface area contributed by atoms with Gasteiger partial charge in [0, 0.05) is 6.54 Å². The number of aromatic amines is 1. The summed E-state index contributed by atoms with van der Waals surface area (Å²) in [6, 6.07) is -0.481. The zero-order valence-electron chi connectivity index (χ0n) is 6.11. The summed E-state index contributed by atoms with van der Waals surface area (Å²) in [5.41, 5.74) is 0. The average Bonchev–Trinajstić information content (AvgIpc) is 2.53. The number of tetrazole rings is 1. The van der Waals surface area contributed by atoms with E-state index < -0.39 is 6.03 Å². The maximum Gasteiger partial charge on any atom is 0.321 e. The lowest BCUT2D eigenvalue weighted by Gasteiger charge is -2.00. The lowest BCUT2D eigenvalue weighted by Crippen LogP contribution is -2.31. The van der Waals surface area contributed by atoms with Gasteiger partial charge < -0.3 is 10.4 Å². The summed E-state index contributed by atoms with van der Waals surface area (Å²) >= 11 is 0. The summed E-state index contributed by atoms with van der Waals surface area (Å²) in [5.74, 6) is 0.0884. The third-order valence-corrected chi connectivity index (χ3v) is 0.968. The Morgan fingerprint density at radius 3 is 3.08 bits per heavy atom. The Morgan fingerprint density at radius 2 is 2.50 bits per heavy atom. The molecule has 2 amide bonds. The molecule has 66 valence electrons. The van der Waals surface area contributed by atoms with Gasteiger partial charge in [-0.2, -0.15) is 5.21 Å². The standard InChI is InChI=1S/C4H8N6O2/c11-2-1-5-4(12)6-3-7-9-10-8-3/h11H,1-2H2,(H3,5,6,7,8,9,10,12). The van der Waals surface area contributed by atoms with E-state index in [2.05, 4.69) is 31.3 Å². The second kappa shape index (κ2) is 4.23. The fraction of sp³-hybridized carbons (Fsp3) is 0.500. The SMILES string of the molecule is O=C(NCCO)Nc1nn[nH]n1. The second-order valence-corrected chi connectivity index (χ2v) is 1.84. The molecule has 0 spiro atoms. The first-order valence-electron chi connectivity index (χ1n) is 3.22. The molecule has 0 aliphatic rings. The first kappa shape index (κ1) is 8.40. The van der Waals surface area contributed by atoms with Crippen LogP contribution in [0.25, 0.3) is 0 Å². The van der Waals surface area contributed by atoms with E-state index in [4.69, 9.17) is 5.11 Å². The molecule has 1 rings (SSSR count). The molecule has 1 aromatic heterocycles. The van der Waals surface area contributed by atoms with E-state index >= 15 is 0 Å². The number of nitrogens with one attached hydrogen (secondary N) is 3. The van der Waals surface area contributed by atoms with Crippen LogP contribution in [-0.2, 0) is 0 Å². The second-order valence-electron chi connectivity index (χ2n) is 1.84. The molecule has 4 N–H and O–H groups in total. The molecule has 1 heterocycles. The minimum absolute atomic E-state index is 0.0884. The van der Waals surface area contributed by atoms with Crippen LogP contribution in [0.15, 0.2) is 0 Å². The highest BCUT2D eigenvalue weighted by molar-refractivity contribution is 5.87. The lowest BCUT2D eigenvalue weighted by atomic mass is 10.7. The predicted octanol–water partition coefficient (Wildman–Crippen LogP) is -1.69. The van der Waals surface area contributed by atoms with Crippen LogP contribution in [0.3, 0.4) is 0 Å². The fourth-order valence-electron chi connectivity index (χ4n) is 0.530. The van der Waals surface area contributed by atoms with Crippen molar-refractivity contribution < 1.29 is 9.90 Å². The zero-order valence-corrected chi connectivity index (χ0v) is 6.11. The predicted molar refractivity (Wildman–Crippen MR) is 38.3 cm³/mol. The molecule has 8 nitrogen and oxygen atoms in total. The van der Waals surface area contributed by atoms with E-state index in [9.17, 15) is 4.79 Å². The fourth-order valence-corrected chi connectivity index (χ4v) is 0.530. The van der Waals surface area contributed by atoms with E-state index in [0.29, 0.717) is 0 Å². The average molecular weight is 172 g/mol. The summed E-state index contributed by atoms with van der Waals surface area (Å²) in [7, 11) is 0. The molecular weight excluding hydrogens is 164 g/mol. The molecule has 0 aliphatic carbocycles. The minimum Gasteiger partial charge on any atom is -0.395 e. The van der Waals surface area contributed by atoms with E-state index in [1.165, 1.54) is 0 Å². The van der Waals surface area contributed by atoms with Gasteiger partial charge in [0.15, 0.2) is 0 Å². The number of nitrogens with zero attached hydrogens (tertiary/aromatic N) is 3. The number of carbonyl (C=O) groups excluding carboxylic acids is 1. The van der Waals surface area contributed by atoms with Crippen molar-refractivity contribution in [3.8, 4) is 0 Å². The molecule has 1 aromatic rings. The molecule has 8 heteroatoms. The smallest absolute Gasteiger partial charge is 0.321 e. The van der Waals surface area contributed by atoms with Gasteiger partial charge in [-0.15, -0.1) is 5.10 Å². The highest BCUT2D eigenvalue weighted by Crippen LogP contribution is 1.87. The van der Waals surface area contributed by atoms with Crippen molar-refractivity contribution in [3.63, 3.8) is 0 Å². The van der Waals surface area contributed by atoms with Crippen LogP contribution in [0, 0.1) is 0 Å². The van der Waals surface area contributed by atoms with Crippen molar-refractivity contribution in [2.75, 3.05) is 18.5 Å². The minimum atomic E-state index is -0.481. The Bertz CT molecular complexity index is 234. The number of aromatic nitrogens is 4. The number of urea groups is 1. The van der Waals surface area contributed by atoms with Crippen molar-refractivity contribution in [2.45, 2.75) is 0 Å². The number of aliphatic hydroxyl groups excluding tert-OH is 1. The highest BCUT2D eigenvalue weighted by atomic mass is 16.3. The number of hydrogen-bond acceptors (Lipinski definition) is 5. The van der Waals surface area contributed by atoms with Crippen molar-refractivity contribution in [1.29, 1.82) is 0 Å². The Morgan fingerprint density at radius 1 is 1.67 bits per heavy atom. The summed E-state index contributed by atoms with van der Waals surface area (Å²) in [5, 5.41) is 25.3. The molecule has 0 unspecified atom stereocenters. The summed E-state index contributed by atoms with van der Waals surface area (Å²) < 4.78 is 0. The summed E-state index contributed by atoms with van der Waals surface area (Å²) in [4.78, 5) is 10.8. The van der Waals surface area contributed by atoms with Crippen LogP contribution in [0.4, 0.5) is 10.7 Å². The highest BCUT2D eigenvalue weighted by Gasteiger charge is 2.02. The van der Waals surface area contributed by atoms with Crippen molar-refractivity contribution in [1.82, 2.24) is 25.9 Å². The number of rotatable bonds is 3. The number of H-pyrrole nitrogens is 1. The van der Waals surface area contributed by atoms with E-state index in [1.54, 1.807) is 0 Å². The third-order valence-electron chi connectivity index (χ3n) is 0.968. The van der Waals surface area contributed by atoms with Gasteiger partial charge in [-0.25, -0.2) is 4.79 Å². The number of aliphatic hydroxyl groups is 1. The zero-order chi connectivity index (χ0) is 8.81. The Balaban J connectivity index is 2.27. The Labute approximate surface area is 67.4 Å². The lowest BCUT2D eigenvalue weighted by molar-refractivity contribution is 0.244. The molecule has 0 saturated heterocycles. The first-order valence-corrected chi connectivity index (χ1v) is 3.22. The molecular formula is C4H8N6O2. The molecule has 0 fully saturated rings. The van der Waals surface area contributed by atoms with Crippen LogP contribution in [0.5, 0.6) is 0 Å². The van der Waals surface area contributed by atoms with Gasteiger partial charge in [0.25, 0.3) is 5.95 Å². The van der Waals surface area contributed by atoms with Gasteiger partial charge in [0.05, 0.1) is 6.61 Å². The molecule has 12 heavy (non-hydrogen) atoms. The topological polar surface area (TPSA) is 116 Å². The quantitative estimate of drug-likeness (QED) is 0.434. The number of amides is 2. The van der Waals surface area contributed by atoms with Gasteiger partial charge in [0.1, 0.15) is 0 Å². The molecule has 0 aromatic carbocycles. The van der Waals surface area contributed by atoms with Gasteiger partial charge in [-0.1, -0.05) is 5.10 Å². The maximum atomic E-state index is 10.8. The maximum absolute atomic E-state index is 10.8. The van der Waals surface area contributed by atoms with E-state index in [0.717, 1.165) is 0 Å². The third kappa shape index (κ3) is 2.50. The normalized spacial score (nSPS) is 9.42. The number of hydrogen-bond donors (Lipinski definition) is 4. The number of carbonyl (C=O) groups is 1.